The molecule has 0 aliphatic heterocycles. The molecule has 3 N–H and O–H groups in total. The number of carbonyl (C=O) groups is 1. The number of nitrogens with one attached hydrogen (secondary N) is 1. The van der Waals surface area contributed by atoms with Crippen molar-refractivity contribution in [3.8, 4) is 0 Å². The lowest BCUT2D eigenvalue weighted by Gasteiger charge is -2.25. The van der Waals surface area contributed by atoms with Crippen molar-refractivity contribution >= 4 is 13.7 Å². The maximum absolute atomic E-state index is 13.1. The van der Waals surface area contributed by atoms with Gasteiger partial charge < -0.3 is 19.8 Å². The Morgan fingerprint density at radius 1 is 0.384 bits per heavy atom. The summed E-state index contributed by atoms with van der Waals surface area (Å²) in [5.41, 5.74) is 0. The quantitative estimate of drug-likeness (QED) is 0.0243. The van der Waals surface area contributed by atoms with Crippen LogP contribution in [0.3, 0.4) is 0 Å². The first-order chi connectivity index (χ1) is 42.0. The number of phosphoric ester groups is 1. The van der Waals surface area contributed by atoms with Crippen molar-refractivity contribution in [2.24, 2.45) is 0 Å². The average Bonchev–Trinajstić information content (AvgIpc) is 3.70. The standard InChI is InChI=1S/C77H151N2O6P/c1-6-8-10-12-14-16-18-20-22-24-26-28-30-32-34-36-37-38-39-40-41-42-43-45-47-49-51-53-55-57-59-61-63-65-67-69-71-77(81)78-75(74-85-86(82,83)84-73-72-79(3,4)5)76(80)70-68-66-64-62-60-58-56-54-52-50-48-46-44-35-33-31-29-27-25-23-21-19-17-15-13-11-9-7-2/h52,54,60,62,68,70,75-76,80H,6-51,53,55-59,61,63-67,69,71-74H2,1-5H3,(H-,78,81,82,83)/p+1/b54-52+,62-60+,70-68+. The Morgan fingerprint density at radius 3 is 0.930 bits per heavy atom. The van der Waals surface area contributed by atoms with Crippen LogP contribution in [0.4, 0.5) is 0 Å². The highest BCUT2D eigenvalue weighted by molar-refractivity contribution is 7.47. The van der Waals surface area contributed by atoms with Crippen LogP contribution in [0.5, 0.6) is 0 Å². The van der Waals surface area contributed by atoms with Crippen LogP contribution in [0.15, 0.2) is 36.5 Å². The molecule has 0 heterocycles. The maximum atomic E-state index is 13.1. The summed E-state index contributed by atoms with van der Waals surface area (Å²) in [6.45, 7) is 4.85. The lowest BCUT2D eigenvalue weighted by atomic mass is 10.0. The molecule has 0 spiro atoms. The van der Waals surface area contributed by atoms with E-state index in [-0.39, 0.29) is 19.1 Å². The molecule has 0 bridgehead atoms. The minimum atomic E-state index is -4.37. The Hall–Kier alpha value is -1.28. The number of hydrogen-bond donors (Lipinski definition) is 3. The summed E-state index contributed by atoms with van der Waals surface area (Å²) in [5, 5.41) is 14.0. The van der Waals surface area contributed by atoms with Crippen LogP contribution in [0.1, 0.15) is 399 Å². The Labute approximate surface area is 537 Å². The van der Waals surface area contributed by atoms with Gasteiger partial charge in [-0.15, -0.1) is 0 Å². The van der Waals surface area contributed by atoms with Crippen LogP contribution in [0, 0.1) is 0 Å². The van der Waals surface area contributed by atoms with E-state index in [0.717, 1.165) is 44.9 Å². The number of quaternary nitrogens is 1. The zero-order chi connectivity index (χ0) is 62.6. The number of nitrogens with zero attached hydrogens (tertiary/aromatic N) is 1. The first-order valence-electron chi connectivity index (χ1n) is 38.4. The molecule has 0 aromatic carbocycles. The zero-order valence-electron chi connectivity index (χ0n) is 58.6. The van der Waals surface area contributed by atoms with Crippen LogP contribution < -0.4 is 5.32 Å². The molecule has 0 aliphatic carbocycles. The minimum Gasteiger partial charge on any atom is -0.387 e. The summed E-state index contributed by atoms with van der Waals surface area (Å²) in [6.07, 6.45) is 92.0. The van der Waals surface area contributed by atoms with Crippen molar-refractivity contribution in [1.82, 2.24) is 5.32 Å². The molecule has 0 rings (SSSR count). The molecule has 0 aromatic rings. The van der Waals surface area contributed by atoms with Crippen LogP contribution in [0.2, 0.25) is 0 Å². The Balaban J connectivity index is 4.00. The van der Waals surface area contributed by atoms with Crippen molar-refractivity contribution < 1.29 is 32.9 Å². The first kappa shape index (κ1) is 84.7. The zero-order valence-corrected chi connectivity index (χ0v) is 59.5. The van der Waals surface area contributed by atoms with Gasteiger partial charge in [-0.25, -0.2) is 4.57 Å². The number of phosphoric acid groups is 1. The molecule has 0 aromatic heterocycles. The van der Waals surface area contributed by atoms with E-state index in [2.05, 4.69) is 43.5 Å². The van der Waals surface area contributed by atoms with E-state index in [4.69, 9.17) is 9.05 Å². The number of carbonyl (C=O) groups excluding carboxylic acids is 1. The van der Waals surface area contributed by atoms with Crippen LogP contribution in [0.25, 0.3) is 0 Å². The lowest BCUT2D eigenvalue weighted by molar-refractivity contribution is -0.870. The second kappa shape index (κ2) is 68.1. The van der Waals surface area contributed by atoms with Gasteiger partial charge in [-0.1, -0.05) is 384 Å². The highest BCUT2D eigenvalue weighted by atomic mass is 31.2. The summed E-state index contributed by atoms with van der Waals surface area (Å²) in [5.74, 6) is -0.182. The second-order valence-corrected chi connectivity index (χ2v) is 29.2. The fourth-order valence-corrected chi connectivity index (χ4v) is 12.6. The topological polar surface area (TPSA) is 105 Å². The number of unbranched alkanes of at least 4 members (excludes halogenated alkanes) is 55. The monoisotopic (exact) mass is 1230 g/mol. The van der Waals surface area contributed by atoms with Crippen LogP contribution in [-0.2, 0) is 18.4 Å². The van der Waals surface area contributed by atoms with Gasteiger partial charge >= 0.3 is 7.82 Å². The Morgan fingerprint density at radius 2 is 0.640 bits per heavy atom. The lowest BCUT2D eigenvalue weighted by Crippen LogP contribution is -2.45. The number of amides is 1. The van der Waals surface area contributed by atoms with Crippen molar-refractivity contribution in [1.29, 1.82) is 0 Å². The van der Waals surface area contributed by atoms with Crippen LogP contribution >= 0.6 is 7.82 Å². The van der Waals surface area contributed by atoms with E-state index >= 15 is 0 Å². The van der Waals surface area contributed by atoms with Crippen molar-refractivity contribution in [2.45, 2.75) is 411 Å². The third-order valence-electron chi connectivity index (χ3n) is 17.8. The molecular weight excluding hydrogens is 1080 g/mol. The third kappa shape index (κ3) is 70.2. The molecule has 3 atom stereocenters. The second-order valence-electron chi connectivity index (χ2n) is 27.7. The molecule has 0 saturated heterocycles. The number of aliphatic hydroxyl groups excluding tert-OH is 1. The summed E-state index contributed by atoms with van der Waals surface area (Å²) < 4.78 is 23.8. The van der Waals surface area contributed by atoms with Gasteiger partial charge in [0.2, 0.25) is 5.91 Å². The first-order valence-corrected chi connectivity index (χ1v) is 39.9. The molecule has 510 valence electrons. The van der Waals surface area contributed by atoms with Gasteiger partial charge in [0.25, 0.3) is 0 Å². The van der Waals surface area contributed by atoms with Gasteiger partial charge in [0.05, 0.1) is 39.9 Å². The molecule has 0 radical (unpaired) electrons. The predicted octanol–water partition coefficient (Wildman–Crippen LogP) is 24.8. The molecular formula is C77H152N2O6P+. The predicted molar refractivity (Wildman–Crippen MR) is 378 cm³/mol. The van der Waals surface area contributed by atoms with Crippen molar-refractivity contribution in [3.05, 3.63) is 36.5 Å². The number of likely N-dealkylation sites (N-methyl/N-ethyl adjacent to an activating group) is 1. The molecule has 3 unspecified atom stereocenters. The summed E-state index contributed by atoms with van der Waals surface area (Å²) in [4.78, 5) is 23.4. The van der Waals surface area contributed by atoms with E-state index < -0.39 is 20.0 Å². The van der Waals surface area contributed by atoms with E-state index in [9.17, 15) is 19.4 Å². The molecule has 0 aliphatic rings. The molecule has 86 heavy (non-hydrogen) atoms. The molecule has 9 heteroatoms. The van der Waals surface area contributed by atoms with E-state index in [0.29, 0.717) is 17.4 Å². The average molecular weight is 1230 g/mol. The van der Waals surface area contributed by atoms with E-state index in [1.165, 1.54) is 334 Å². The number of rotatable bonds is 72. The SMILES string of the molecule is CCCCCCCCCCCCCCCCCCCC/C=C/CC/C=C/CC/C=C/C(O)C(COP(=O)(O)OCC[N+](C)(C)C)NC(=O)CCCCCCCCCCCCCCCCCCCCCCCCCCCCCCCCCCCCCC. The normalized spacial score (nSPS) is 13.7. The van der Waals surface area contributed by atoms with Gasteiger partial charge in [-0.2, -0.15) is 0 Å². The maximum Gasteiger partial charge on any atom is 0.472 e. The van der Waals surface area contributed by atoms with Gasteiger partial charge in [0.15, 0.2) is 0 Å². The largest absolute Gasteiger partial charge is 0.472 e. The Bertz CT molecular complexity index is 1500. The number of allylic oxidation sites excluding steroid dienone is 5. The number of aliphatic hydroxyl groups is 1. The molecule has 0 saturated carbocycles. The fourth-order valence-electron chi connectivity index (χ4n) is 11.9. The van der Waals surface area contributed by atoms with E-state index in [1.807, 2.05) is 27.2 Å². The molecule has 0 fully saturated rings. The van der Waals surface area contributed by atoms with Gasteiger partial charge in [-0.3, -0.25) is 13.8 Å². The molecule has 8 nitrogen and oxygen atoms in total. The Kier molecular flexibility index (Phi) is 67.1. The van der Waals surface area contributed by atoms with E-state index in [1.54, 1.807) is 6.08 Å². The number of hydrogen-bond acceptors (Lipinski definition) is 5. The van der Waals surface area contributed by atoms with Gasteiger partial charge in [0.1, 0.15) is 13.2 Å². The minimum absolute atomic E-state index is 0.0555. The van der Waals surface area contributed by atoms with Gasteiger partial charge in [0, 0.05) is 6.42 Å². The third-order valence-corrected chi connectivity index (χ3v) is 18.8. The highest BCUT2D eigenvalue weighted by Crippen LogP contribution is 2.43. The van der Waals surface area contributed by atoms with Crippen LogP contribution in [-0.4, -0.2) is 73.4 Å². The van der Waals surface area contributed by atoms with Crippen molar-refractivity contribution in [2.75, 3.05) is 40.9 Å². The smallest absolute Gasteiger partial charge is 0.387 e. The van der Waals surface area contributed by atoms with Crippen molar-refractivity contribution in [3.63, 3.8) is 0 Å². The summed E-state index contributed by atoms with van der Waals surface area (Å²) >= 11 is 0. The van der Waals surface area contributed by atoms with Gasteiger partial charge in [-0.05, 0) is 44.9 Å². The highest BCUT2D eigenvalue weighted by Gasteiger charge is 2.28. The summed E-state index contributed by atoms with van der Waals surface area (Å²) in [7, 11) is 1.56. The fraction of sp³-hybridized carbons (Fsp3) is 0.909. The molecule has 1 amide bonds. The summed E-state index contributed by atoms with van der Waals surface area (Å²) in [6, 6.07) is -0.870.